The molecular formula is C39H47N5O6Si. The lowest BCUT2D eigenvalue weighted by Gasteiger charge is -2.37. The van der Waals surface area contributed by atoms with E-state index in [1.54, 1.807) is 28.8 Å². The maximum Gasteiger partial charge on any atom is 0.264 e. The second-order valence-corrected chi connectivity index (χ2v) is 18.8. The fourth-order valence-corrected chi connectivity index (χ4v) is 12.2. The number of fused-ring (bicyclic) bond motifs is 2. The summed E-state index contributed by atoms with van der Waals surface area (Å²) in [5.41, 5.74) is 2.17. The Bertz CT molecular complexity index is 1880. The van der Waals surface area contributed by atoms with E-state index in [-0.39, 0.29) is 36.0 Å². The predicted molar refractivity (Wildman–Crippen MR) is 199 cm³/mol. The van der Waals surface area contributed by atoms with Gasteiger partial charge in [0.05, 0.1) is 45.2 Å². The van der Waals surface area contributed by atoms with E-state index in [0.29, 0.717) is 42.1 Å². The van der Waals surface area contributed by atoms with Gasteiger partial charge in [-0.15, -0.1) is 11.7 Å². The summed E-state index contributed by atoms with van der Waals surface area (Å²) in [7, 11) is -0.750. The standard InChI is InChI=1S/C39H47N5O6Si/c1-7-20-44-34-18-13-28(40-37(47)26(3)46)22-32(34)39(38(44)48)25(2)36(51(5,6)30-16-14-29(49-4)15-17-30)35(50-39)19-21-43-23-33(41-42-43)31(24-45)27-11-9-8-10-12-27/h7-18,22-23,25-26,31,35-36,45-46H,1,19-21,24H2,2-6H3,(H,40,47)/t25-,26+,31?,35+,36-,39+/m1/s1. The Morgan fingerprint density at radius 3 is 2.53 bits per heavy atom. The van der Waals surface area contributed by atoms with Crippen LogP contribution >= 0.6 is 0 Å². The van der Waals surface area contributed by atoms with E-state index in [1.807, 2.05) is 60.8 Å². The molecule has 1 saturated heterocycles. The number of benzene rings is 3. The van der Waals surface area contributed by atoms with Crippen molar-refractivity contribution in [1.29, 1.82) is 0 Å². The molecule has 0 aliphatic carbocycles. The van der Waals surface area contributed by atoms with Gasteiger partial charge in [-0.1, -0.05) is 79.0 Å². The molecule has 12 heteroatoms. The maximum absolute atomic E-state index is 14.8. The molecule has 1 fully saturated rings. The summed E-state index contributed by atoms with van der Waals surface area (Å²) in [5.74, 6) is -0.473. The van der Waals surface area contributed by atoms with Crippen molar-refractivity contribution in [1.82, 2.24) is 15.0 Å². The van der Waals surface area contributed by atoms with Crippen molar-refractivity contribution in [2.75, 3.05) is 30.5 Å². The lowest BCUT2D eigenvalue weighted by molar-refractivity contribution is -0.145. The molecule has 2 amide bonds. The zero-order valence-electron chi connectivity index (χ0n) is 29.8. The molecule has 3 N–H and O–H groups in total. The predicted octanol–water partition coefficient (Wildman–Crippen LogP) is 4.57. The normalized spacial score (nSPS) is 22.5. The molecule has 1 unspecified atom stereocenters. The number of anilines is 2. The minimum atomic E-state index is -2.40. The van der Waals surface area contributed by atoms with Crippen molar-refractivity contribution in [2.45, 2.75) is 69.2 Å². The molecule has 6 atom stereocenters. The van der Waals surface area contributed by atoms with Gasteiger partial charge in [0.2, 0.25) is 0 Å². The highest BCUT2D eigenvalue weighted by atomic mass is 28.3. The third-order valence-electron chi connectivity index (χ3n) is 10.7. The number of ether oxygens (including phenoxy) is 2. The van der Waals surface area contributed by atoms with Gasteiger partial charge in [0.1, 0.15) is 11.9 Å². The van der Waals surface area contributed by atoms with E-state index >= 15 is 0 Å². The topological polar surface area (TPSA) is 139 Å². The molecule has 11 nitrogen and oxygen atoms in total. The number of rotatable bonds is 13. The molecule has 2 aliphatic heterocycles. The Morgan fingerprint density at radius 1 is 1.16 bits per heavy atom. The van der Waals surface area contributed by atoms with E-state index in [1.165, 1.54) is 12.1 Å². The molecule has 3 aromatic carbocycles. The molecule has 3 heterocycles. The van der Waals surface area contributed by atoms with Crippen LogP contribution in [0.2, 0.25) is 18.6 Å². The van der Waals surface area contributed by atoms with Gasteiger partial charge in [-0.05, 0) is 54.8 Å². The SMILES string of the molecule is C=CCN1C(=O)[C@@]2(O[C@@H](CCn3cc(C(CO)c4ccccc4)nn3)[C@H]([Si](C)(C)c3ccc(OC)cc3)[C@H]2C)c2cc(NC(=O)[C@H](C)O)ccc21. The van der Waals surface area contributed by atoms with Crippen LogP contribution in [-0.4, -0.2) is 77.6 Å². The van der Waals surface area contributed by atoms with Crippen molar-refractivity contribution in [2.24, 2.45) is 5.92 Å². The summed E-state index contributed by atoms with van der Waals surface area (Å²) < 4.78 is 14.5. The Labute approximate surface area is 299 Å². The van der Waals surface area contributed by atoms with Crippen LogP contribution in [0.25, 0.3) is 0 Å². The van der Waals surface area contributed by atoms with Gasteiger partial charge >= 0.3 is 0 Å². The summed E-state index contributed by atoms with van der Waals surface area (Å²) in [6.45, 7) is 12.8. The van der Waals surface area contributed by atoms with Crippen LogP contribution < -0.4 is 20.1 Å². The Balaban J connectivity index is 1.39. The third kappa shape index (κ3) is 6.53. The van der Waals surface area contributed by atoms with Gasteiger partial charge in [0, 0.05) is 36.5 Å². The first-order valence-corrected chi connectivity index (χ1v) is 20.5. The second-order valence-electron chi connectivity index (χ2n) is 14.1. The number of nitrogens with zero attached hydrogens (tertiary/aromatic N) is 4. The number of carbonyl (C=O) groups is 2. The number of aliphatic hydroxyl groups excluding tert-OH is 2. The number of nitrogens with one attached hydrogen (secondary N) is 1. The van der Waals surface area contributed by atoms with Crippen LogP contribution in [-0.2, 0) is 26.5 Å². The number of aliphatic hydroxyl groups is 2. The highest BCUT2D eigenvalue weighted by Gasteiger charge is 2.66. The first-order chi connectivity index (χ1) is 24.5. The highest BCUT2D eigenvalue weighted by Crippen LogP contribution is 2.60. The van der Waals surface area contributed by atoms with E-state index in [0.717, 1.165) is 11.3 Å². The fraction of sp³-hybridized carbons (Fsp3) is 0.385. The molecule has 0 saturated carbocycles. The lowest BCUT2D eigenvalue weighted by atomic mass is 9.82. The van der Waals surface area contributed by atoms with E-state index in [9.17, 15) is 19.8 Å². The Hall–Kier alpha value is -4.62. The molecule has 2 aliphatic rings. The van der Waals surface area contributed by atoms with Gasteiger partial charge in [0.25, 0.3) is 11.8 Å². The van der Waals surface area contributed by atoms with Crippen molar-refractivity contribution in [3.05, 3.63) is 108 Å². The average molecular weight is 710 g/mol. The Morgan fingerprint density at radius 2 is 1.88 bits per heavy atom. The molecule has 1 spiro atoms. The zero-order valence-corrected chi connectivity index (χ0v) is 30.8. The van der Waals surface area contributed by atoms with Crippen molar-refractivity contribution in [3.63, 3.8) is 0 Å². The summed E-state index contributed by atoms with van der Waals surface area (Å²) in [4.78, 5) is 29.0. The smallest absolute Gasteiger partial charge is 0.264 e. The van der Waals surface area contributed by atoms with E-state index in [2.05, 4.69) is 54.4 Å². The summed E-state index contributed by atoms with van der Waals surface area (Å²) in [5, 5.41) is 33.0. The highest BCUT2D eigenvalue weighted by molar-refractivity contribution is 6.91. The van der Waals surface area contributed by atoms with Crippen molar-refractivity contribution >= 4 is 36.4 Å². The van der Waals surface area contributed by atoms with Crippen LogP contribution in [0.3, 0.4) is 0 Å². The molecule has 4 aromatic rings. The van der Waals surface area contributed by atoms with E-state index < -0.39 is 25.7 Å². The van der Waals surface area contributed by atoms with Crippen LogP contribution in [0.1, 0.15) is 43.0 Å². The second kappa shape index (κ2) is 14.5. The lowest BCUT2D eigenvalue weighted by Crippen LogP contribution is -2.52. The van der Waals surface area contributed by atoms with Crippen molar-refractivity contribution < 1.29 is 29.3 Å². The van der Waals surface area contributed by atoms with E-state index in [4.69, 9.17) is 9.47 Å². The largest absolute Gasteiger partial charge is 0.497 e. The molecule has 51 heavy (non-hydrogen) atoms. The van der Waals surface area contributed by atoms with Gasteiger partial charge in [-0.3, -0.25) is 14.3 Å². The van der Waals surface area contributed by atoms with Crippen molar-refractivity contribution in [3.8, 4) is 5.75 Å². The number of methoxy groups -OCH3 is 1. The first-order valence-electron chi connectivity index (χ1n) is 17.4. The fourth-order valence-electron chi connectivity index (χ4n) is 8.12. The Kier molecular flexibility index (Phi) is 10.3. The monoisotopic (exact) mass is 709 g/mol. The number of hydrogen-bond donors (Lipinski definition) is 3. The first kappa shape index (κ1) is 36.2. The number of hydrogen-bond acceptors (Lipinski definition) is 8. The number of amides is 2. The average Bonchev–Trinajstić information content (AvgIpc) is 3.78. The number of carbonyl (C=O) groups excluding carboxylic acids is 2. The quantitative estimate of drug-likeness (QED) is 0.136. The molecule has 0 bridgehead atoms. The molecular weight excluding hydrogens is 663 g/mol. The van der Waals surface area contributed by atoms with Crippen LogP contribution in [0.4, 0.5) is 11.4 Å². The summed E-state index contributed by atoms with van der Waals surface area (Å²) in [6.07, 6.45) is 2.60. The molecule has 1 aromatic heterocycles. The molecule has 268 valence electrons. The summed E-state index contributed by atoms with van der Waals surface area (Å²) in [6, 6.07) is 23.4. The third-order valence-corrected chi connectivity index (χ3v) is 15.1. The van der Waals surface area contributed by atoms with Gasteiger partial charge in [-0.25, -0.2) is 0 Å². The van der Waals surface area contributed by atoms with Gasteiger partial charge < -0.3 is 29.9 Å². The summed E-state index contributed by atoms with van der Waals surface area (Å²) >= 11 is 0. The van der Waals surface area contributed by atoms with Gasteiger partial charge in [0.15, 0.2) is 5.60 Å². The zero-order chi connectivity index (χ0) is 36.5. The van der Waals surface area contributed by atoms with Crippen LogP contribution in [0, 0.1) is 5.92 Å². The minimum absolute atomic E-state index is 0.0143. The minimum Gasteiger partial charge on any atom is -0.497 e. The van der Waals surface area contributed by atoms with Crippen LogP contribution in [0.5, 0.6) is 5.75 Å². The number of aromatic nitrogens is 3. The van der Waals surface area contributed by atoms with Gasteiger partial charge in [-0.2, -0.15) is 0 Å². The van der Waals surface area contributed by atoms with Crippen LogP contribution in [0.15, 0.2) is 91.6 Å². The molecule has 0 radical (unpaired) electrons. The number of aryl methyl sites for hydroxylation is 1. The molecule has 6 rings (SSSR count). The maximum atomic E-state index is 14.8.